The first-order valence-corrected chi connectivity index (χ1v) is 4.43. The van der Waals surface area contributed by atoms with E-state index in [2.05, 4.69) is 10.6 Å². The summed E-state index contributed by atoms with van der Waals surface area (Å²) in [6, 6.07) is -1.34. The normalized spacial score (nSPS) is 24.8. The van der Waals surface area contributed by atoms with Gasteiger partial charge in [-0.2, -0.15) is 0 Å². The summed E-state index contributed by atoms with van der Waals surface area (Å²) < 4.78 is 24.1. The number of amides is 1. The van der Waals surface area contributed by atoms with Gasteiger partial charge >= 0.3 is 0 Å². The second-order valence-electron chi connectivity index (χ2n) is 3.28. The molecule has 1 aliphatic rings. The van der Waals surface area contributed by atoms with Crippen molar-refractivity contribution in [3.8, 4) is 0 Å². The van der Waals surface area contributed by atoms with Gasteiger partial charge in [-0.15, -0.1) is 0 Å². The van der Waals surface area contributed by atoms with E-state index in [1.807, 2.05) is 0 Å². The van der Waals surface area contributed by atoms with E-state index in [0.29, 0.717) is 0 Å². The zero-order valence-corrected chi connectivity index (χ0v) is 7.52. The molecule has 0 aromatic heterocycles. The molecule has 1 aliphatic heterocycles. The Morgan fingerprint density at radius 3 is 2.77 bits per heavy atom. The second kappa shape index (κ2) is 4.50. The average molecular weight is 192 g/mol. The number of carbonyl (C=O) groups is 1. The van der Waals surface area contributed by atoms with Crippen LogP contribution in [0, 0.1) is 0 Å². The van der Waals surface area contributed by atoms with E-state index in [1.54, 1.807) is 0 Å². The molecule has 2 N–H and O–H groups in total. The van der Waals surface area contributed by atoms with Crippen molar-refractivity contribution in [2.45, 2.75) is 38.3 Å². The lowest BCUT2D eigenvalue weighted by atomic mass is 10.2. The number of nitrogens with one attached hydrogen (secondary N) is 2. The van der Waals surface area contributed by atoms with Gasteiger partial charge in [-0.25, -0.2) is 8.78 Å². The number of hydrogen-bond donors (Lipinski definition) is 2. The van der Waals surface area contributed by atoms with Crippen molar-refractivity contribution in [1.82, 2.24) is 10.6 Å². The first-order valence-electron chi connectivity index (χ1n) is 4.43. The van der Waals surface area contributed by atoms with Gasteiger partial charge in [0.15, 0.2) is 0 Å². The van der Waals surface area contributed by atoms with Crippen LogP contribution in [0.5, 0.6) is 0 Å². The van der Waals surface area contributed by atoms with Crippen molar-refractivity contribution in [2.24, 2.45) is 0 Å². The number of alkyl halides is 2. The molecule has 0 saturated carbocycles. The minimum atomic E-state index is -2.50. The van der Waals surface area contributed by atoms with Gasteiger partial charge < -0.3 is 10.6 Å². The minimum absolute atomic E-state index is 0.277. The van der Waals surface area contributed by atoms with E-state index in [4.69, 9.17) is 0 Å². The van der Waals surface area contributed by atoms with E-state index in [9.17, 15) is 13.6 Å². The summed E-state index contributed by atoms with van der Waals surface area (Å²) in [4.78, 5) is 11.3. The van der Waals surface area contributed by atoms with E-state index in [0.717, 1.165) is 19.4 Å². The maximum Gasteiger partial charge on any atom is 0.258 e. The molecule has 0 radical (unpaired) electrons. The summed E-state index contributed by atoms with van der Waals surface area (Å²) in [5.41, 5.74) is 0. The Hall–Kier alpha value is -0.710. The Kier molecular flexibility index (Phi) is 3.59. The fourth-order valence-electron chi connectivity index (χ4n) is 1.30. The molecule has 1 amide bonds. The smallest absolute Gasteiger partial charge is 0.258 e. The minimum Gasteiger partial charge on any atom is -0.347 e. The standard InChI is InChI=1S/C8H14F2N2O/c1-5(7(9)10)12-8(13)6-3-2-4-11-6/h5-7,11H,2-4H2,1H3,(H,12,13)/t5?,6-/m0/s1. The van der Waals surface area contributed by atoms with Crippen molar-refractivity contribution >= 4 is 5.91 Å². The predicted molar refractivity (Wildman–Crippen MR) is 44.6 cm³/mol. The highest BCUT2D eigenvalue weighted by Crippen LogP contribution is 2.06. The molecule has 1 saturated heterocycles. The van der Waals surface area contributed by atoms with E-state index in [1.165, 1.54) is 6.92 Å². The van der Waals surface area contributed by atoms with Crippen LogP contribution in [0.4, 0.5) is 8.78 Å². The summed E-state index contributed by atoms with van der Waals surface area (Å²) in [6.07, 6.45) is -0.825. The highest BCUT2D eigenvalue weighted by Gasteiger charge is 2.25. The lowest BCUT2D eigenvalue weighted by Crippen LogP contribution is -2.46. The number of carbonyl (C=O) groups excluding carboxylic acids is 1. The van der Waals surface area contributed by atoms with Crippen LogP contribution in [0.25, 0.3) is 0 Å². The molecule has 1 rings (SSSR count). The molecule has 0 bridgehead atoms. The highest BCUT2D eigenvalue weighted by molar-refractivity contribution is 5.82. The second-order valence-corrected chi connectivity index (χ2v) is 3.28. The molecule has 3 nitrogen and oxygen atoms in total. The van der Waals surface area contributed by atoms with E-state index >= 15 is 0 Å². The first-order chi connectivity index (χ1) is 6.11. The van der Waals surface area contributed by atoms with Crippen LogP contribution in [0.15, 0.2) is 0 Å². The third-order valence-electron chi connectivity index (χ3n) is 2.12. The van der Waals surface area contributed by atoms with Crippen LogP contribution in [0.1, 0.15) is 19.8 Å². The van der Waals surface area contributed by atoms with Crippen LogP contribution in [0.2, 0.25) is 0 Å². The van der Waals surface area contributed by atoms with Crippen LogP contribution < -0.4 is 10.6 Å². The molecule has 0 aromatic carbocycles. The summed E-state index contributed by atoms with van der Waals surface area (Å²) >= 11 is 0. The Morgan fingerprint density at radius 2 is 2.31 bits per heavy atom. The molecule has 0 aromatic rings. The van der Waals surface area contributed by atoms with Gasteiger partial charge in [0.25, 0.3) is 6.43 Å². The average Bonchev–Trinajstić information content (AvgIpc) is 2.55. The molecule has 1 fully saturated rings. The van der Waals surface area contributed by atoms with Gasteiger partial charge in [0.05, 0.1) is 12.1 Å². The van der Waals surface area contributed by atoms with Gasteiger partial charge in [-0.05, 0) is 26.3 Å². The quantitative estimate of drug-likeness (QED) is 0.684. The lowest BCUT2D eigenvalue weighted by molar-refractivity contribution is -0.124. The monoisotopic (exact) mass is 192 g/mol. The molecule has 2 atom stereocenters. The zero-order chi connectivity index (χ0) is 9.84. The van der Waals surface area contributed by atoms with Gasteiger partial charge in [0.2, 0.25) is 5.91 Å². The predicted octanol–water partition coefficient (Wildman–Crippen LogP) is 0.508. The van der Waals surface area contributed by atoms with Crippen LogP contribution in [-0.2, 0) is 4.79 Å². The summed E-state index contributed by atoms with van der Waals surface area (Å²) in [5.74, 6) is -0.315. The fourth-order valence-corrected chi connectivity index (χ4v) is 1.30. The summed E-state index contributed by atoms with van der Waals surface area (Å²) in [7, 11) is 0. The van der Waals surface area contributed by atoms with Crippen LogP contribution in [-0.4, -0.2) is 31.0 Å². The topological polar surface area (TPSA) is 41.1 Å². The Balaban J connectivity index is 2.31. The lowest BCUT2D eigenvalue weighted by Gasteiger charge is -2.16. The van der Waals surface area contributed by atoms with Crippen LogP contribution >= 0.6 is 0 Å². The zero-order valence-electron chi connectivity index (χ0n) is 7.52. The maximum absolute atomic E-state index is 12.0. The van der Waals surface area contributed by atoms with Gasteiger partial charge in [0, 0.05) is 0 Å². The third kappa shape index (κ3) is 2.91. The van der Waals surface area contributed by atoms with Crippen molar-refractivity contribution in [3.05, 3.63) is 0 Å². The third-order valence-corrected chi connectivity index (χ3v) is 2.12. The number of hydrogen-bond acceptors (Lipinski definition) is 2. The SMILES string of the molecule is CC(NC(=O)[C@@H]1CCCN1)C(F)F. The van der Waals surface area contributed by atoms with Crippen molar-refractivity contribution < 1.29 is 13.6 Å². The first kappa shape index (κ1) is 10.4. The molecule has 0 spiro atoms. The molecule has 5 heteroatoms. The highest BCUT2D eigenvalue weighted by atomic mass is 19.3. The van der Waals surface area contributed by atoms with E-state index in [-0.39, 0.29) is 11.9 Å². The largest absolute Gasteiger partial charge is 0.347 e. The van der Waals surface area contributed by atoms with Gasteiger partial charge in [-0.3, -0.25) is 4.79 Å². The maximum atomic E-state index is 12.0. The Bertz CT molecular complexity index is 181. The molecule has 1 unspecified atom stereocenters. The molecular formula is C8H14F2N2O. The molecular weight excluding hydrogens is 178 g/mol. The summed E-state index contributed by atoms with van der Waals surface area (Å²) in [6.45, 7) is 2.10. The van der Waals surface area contributed by atoms with Gasteiger partial charge in [-0.1, -0.05) is 0 Å². The van der Waals surface area contributed by atoms with Gasteiger partial charge in [0.1, 0.15) is 0 Å². The Labute approximate surface area is 75.9 Å². The molecule has 13 heavy (non-hydrogen) atoms. The molecule has 1 heterocycles. The fraction of sp³-hybridized carbons (Fsp3) is 0.875. The van der Waals surface area contributed by atoms with Crippen molar-refractivity contribution in [1.29, 1.82) is 0 Å². The van der Waals surface area contributed by atoms with Crippen molar-refractivity contribution in [3.63, 3.8) is 0 Å². The number of halogens is 2. The summed E-state index contributed by atoms with van der Waals surface area (Å²) in [5, 5.41) is 5.21. The van der Waals surface area contributed by atoms with Crippen molar-refractivity contribution in [2.75, 3.05) is 6.54 Å². The van der Waals surface area contributed by atoms with Crippen LogP contribution in [0.3, 0.4) is 0 Å². The molecule has 76 valence electrons. The molecule has 0 aliphatic carbocycles. The van der Waals surface area contributed by atoms with E-state index < -0.39 is 12.5 Å². The number of rotatable bonds is 3. The Morgan fingerprint density at radius 1 is 1.62 bits per heavy atom.